The number of pyridine rings is 1. The quantitative estimate of drug-likeness (QED) is 0.640. The van der Waals surface area contributed by atoms with Crippen molar-refractivity contribution in [1.29, 1.82) is 0 Å². The Labute approximate surface area is 192 Å². The number of amides is 2. The second-order valence-corrected chi connectivity index (χ2v) is 8.68. The number of aryl methyl sites for hydroxylation is 1. The Morgan fingerprint density at radius 3 is 2.47 bits per heavy atom. The highest BCUT2D eigenvalue weighted by atomic mass is 35.5. The summed E-state index contributed by atoms with van der Waals surface area (Å²) in [6.45, 7) is 8.51. The smallest absolute Gasteiger partial charge is 0.253 e. The Bertz CT molecular complexity index is 1130. The molecular weight excluding hydrogens is 428 g/mol. The zero-order chi connectivity index (χ0) is 22.8. The molecule has 1 aromatic carbocycles. The third-order valence-corrected chi connectivity index (χ3v) is 5.97. The highest BCUT2D eigenvalue weighted by Crippen LogP contribution is 2.20. The lowest BCUT2D eigenvalue weighted by Gasteiger charge is -2.36. The van der Waals surface area contributed by atoms with Gasteiger partial charge in [-0.3, -0.25) is 9.59 Å². The minimum absolute atomic E-state index is 0.0392. The van der Waals surface area contributed by atoms with E-state index in [1.54, 1.807) is 24.1 Å². The predicted octanol–water partition coefficient (Wildman–Crippen LogP) is 3.05. The van der Waals surface area contributed by atoms with Gasteiger partial charge in [0.15, 0.2) is 5.65 Å². The number of rotatable bonds is 5. The van der Waals surface area contributed by atoms with Crippen LogP contribution in [0.3, 0.4) is 0 Å². The number of nitrogens with one attached hydrogen (secondary N) is 1. The summed E-state index contributed by atoms with van der Waals surface area (Å²) in [6, 6.07) is 9.67. The van der Waals surface area contributed by atoms with Gasteiger partial charge >= 0.3 is 0 Å². The third kappa shape index (κ3) is 4.55. The average molecular weight is 455 g/mol. The van der Waals surface area contributed by atoms with Crippen LogP contribution in [0.25, 0.3) is 11.0 Å². The van der Waals surface area contributed by atoms with Crippen molar-refractivity contribution in [3.05, 3.63) is 52.8 Å². The molecule has 0 bridgehead atoms. The van der Waals surface area contributed by atoms with E-state index in [-0.39, 0.29) is 24.4 Å². The van der Waals surface area contributed by atoms with Crippen molar-refractivity contribution in [1.82, 2.24) is 25.0 Å². The normalized spacial score (nSPS) is 14.3. The molecule has 32 heavy (non-hydrogen) atoms. The molecule has 0 unspecified atom stereocenters. The van der Waals surface area contributed by atoms with E-state index in [9.17, 15) is 9.59 Å². The molecule has 8 nitrogen and oxygen atoms in total. The van der Waals surface area contributed by atoms with E-state index >= 15 is 0 Å². The number of hydrogen-bond acceptors (Lipinski definition) is 5. The van der Waals surface area contributed by atoms with Gasteiger partial charge in [-0.05, 0) is 51.1 Å². The van der Waals surface area contributed by atoms with Gasteiger partial charge < -0.3 is 15.1 Å². The number of nitrogens with zero attached hydrogens (tertiary/aromatic N) is 5. The Kier molecular flexibility index (Phi) is 6.32. The van der Waals surface area contributed by atoms with Crippen LogP contribution in [-0.2, 0) is 4.79 Å². The Morgan fingerprint density at radius 2 is 1.81 bits per heavy atom. The second kappa shape index (κ2) is 9.16. The van der Waals surface area contributed by atoms with Crippen LogP contribution in [0.5, 0.6) is 0 Å². The van der Waals surface area contributed by atoms with E-state index in [1.165, 1.54) is 0 Å². The first-order chi connectivity index (χ1) is 15.3. The molecule has 0 spiro atoms. The number of carbonyl (C=O) groups excluding carboxylic acids is 2. The van der Waals surface area contributed by atoms with Gasteiger partial charge in [-0.15, -0.1) is 0 Å². The maximum atomic E-state index is 12.7. The summed E-state index contributed by atoms with van der Waals surface area (Å²) in [7, 11) is 0. The summed E-state index contributed by atoms with van der Waals surface area (Å²) < 4.78 is 1.83. The number of aromatic nitrogens is 3. The van der Waals surface area contributed by atoms with Crippen LogP contribution in [0.1, 0.15) is 35.9 Å². The van der Waals surface area contributed by atoms with Crippen LogP contribution in [0, 0.1) is 6.92 Å². The molecule has 168 valence electrons. The van der Waals surface area contributed by atoms with Gasteiger partial charge in [-0.2, -0.15) is 5.10 Å². The van der Waals surface area contributed by atoms with Gasteiger partial charge in [0.1, 0.15) is 0 Å². The van der Waals surface area contributed by atoms with E-state index in [0.29, 0.717) is 29.4 Å². The van der Waals surface area contributed by atoms with Gasteiger partial charge in [0, 0.05) is 48.3 Å². The van der Waals surface area contributed by atoms with Crippen molar-refractivity contribution in [3.8, 4) is 0 Å². The minimum Gasteiger partial charge on any atom is -0.368 e. The molecule has 9 heteroatoms. The maximum Gasteiger partial charge on any atom is 0.253 e. The molecule has 1 aliphatic heterocycles. The van der Waals surface area contributed by atoms with Crippen LogP contribution in [0.2, 0.25) is 5.02 Å². The van der Waals surface area contributed by atoms with Crippen molar-refractivity contribution in [2.45, 2.75) is 26.8 Å². The molecule has 1 aliphatic rings. The lowest BCUT2D eigenvalue weighted by atomic mass is 10.1. The van der Waals surface area contributed by atoms with Crippen LogP contribution in [0.4, 0.5) is 5.69 Å². The van der Waals surface area contributed by atoms with Gasteiger partial charge in [-0.1, -0.05) is 11.6 Å². The van der Waals surface area contributed by atoms with E-state index in [0.717, 1.165) is 29.8 Å². The number of piperazine rings is 1. The summed E-state index contributed by atoms with van der Waals surface area (Å²) in [5, 5.41) is 8.62. The van der Waals surface area contributed by atoms with Gasteiger partial charge in [0.2, 0.25) is 5.91 Å². The summed E-state index contributed by atoms with van der Waals surface area (Å²) in [5.41, 5.74) is 2.92. The molecule has 1 fully saturated rings. The SMILES string of the molecule is Cc1nc2c(cnn2C(C)C)cc1C(=O)NCC(=O)N1CCN(c2ccc(Cl)cc2)CC1. The van der Waals surface area contributed by atoms with Crippen LogP contribution in [0.15, 0.2) is 36.5 Å². The van der Waals surface area contributed by atoms with Crippen LogP contribution >= 0.6 is 11.6 Å². The zero-order valence-electron chi connectivity index (χ0n) is 18.5. The molecule has 2 amide bonds. The maximum absolute atomic E-state index is 12.7. The number of hydrogen-bond donors (Lipinski definition) is 1. The van der Waals surface area contributed by atoms with Crippen molar-refractivity contribution in [2.75, 3.05) is 37.6 Å². The average Bonchev–Trinajstić information content (AvgIpc) is 3.20. The fourth-order valence-electron chi connectivity index (χ4n) is 3.90. The lowest BCUT2D eigenvalue weighted by Crippen LogP contribution is -2.51. The first-order valence-electron chi connectivity index (χ1n) is 10.7. The largest absolute Gasteiger partial charge is 0.368 e. The topological polar surface area (TPSA) is 83.4 Å². The molecule has 4 rings (SSSR count). The van der Waals surface area contributed by atoms with Crippen LogP contribution in [-0.4, -0.2) is 64.2 Å². The monoisotopic (exact) mass is 454 g/mol. The fraction of sp³-hybridized carbons (Fsp3) is 0.391. The highest BCUT2D eigenvalue weighted by molar-refractivity contribution is 6.30. The molecule has 0 radical (unpaired) electrons. The van der Waals surface area contributed by atoms with Crippen molar-refractivity contribution >= 4 is 40.1 Å². The molecule has 3 aromatic rings. The standard InChI is InChI=1S/C23H27ClN6O2/c1-15(2)30-22-17(13-26-30)12-20(16(3)27-22)23(32)25-14-21(31)29-10-8-28(9-11-29)19-6-4-18(24)5-7-19/h4-7,12-13,15H,8-11,14H2,1-3H3,(H,25,32). The zero-order valence-corrected chi connectivity index (χ0v) is 19.3. The number of carbonyl (C=O) groups is 2. The molecule has 0 aliphatic carbocycles. The molecular formula is C23H27ClN6O2. The Balaban J connectivity index is 1.34. The van der Waals surface area contributed by atoms with E-state index in [1.807, 2.05) is 42.8 Å². The second-order valence-electron chi connectivity index (χ2n) is 8.24. The molecule has 0 atom stereocenters. The molecule has 1 N–H and O–H groups in total. The third-order valence-electron chi connectivity index (χ3n) is 5.72. The first-order valence-corrected chi connectivity index (χ1v) is 11.1. The summed E-state index contributed by atoms with van der Waals surface area (Å²) in [6.07, 6.45) is 1.71. The lowest BCUT2D eigenvalue weighted by molar-refractivity contribution is -0.130. The van der Waals surface area contributed by atoms with Crippen molar-refractivity contribution < 1.29 is 9.59 Å². The van der Waals surface area contributed by atoms with E-state index in [2.05, 4.69) is 20.3 Å². The molecule has 1 saturated heterocycles. The van der Waals surface area contributed by atoms with Gasteiger partial charge in [0.25, 0.3) is 5.91 Å². The Hall–Kier alpha value is -3.13. The first kappa shape index (κ1) is 22.1. The number of fused-ring (bicyclic) bond motifs is 1. The number of benzene rings is 1. The van der Waals surface area contributed by atoms with Crippen molar-refractivity contribution in [2.24, 2.45) is 0 Å². The summed E-state index contributed by atoms with van der Waals surface area (Å²) >= 11 is 5.96. The van der Waals surface area contributed by atoms with Crippen molar-refractivity contribution in [3.63, 3.8) is 0 Å². The predicted molar refractivity (Wildman–Crippen MR) is 125 cm³/mol. The summed E-state index contributed by atoms with van der Waals surface area (Å²) in [4.78, 5) is 34.0. The van der Waals surface area contributed by atoms with E-state index < -0.39 is 0 Å². The highest BCUT2D eigenvalue weighted by Gasteiger charge is 2.22. The van der Waals surface area contributed by atoms with E-state index in [4.69, 9.17) is 11.6 Å². The van der Waals surface area contributed by atoms with Gasteiger partial charge in [-0.25, -0.2) is 9.67 Å². The minimum atomic E-state index is -0.303. The van der Waals surface area contributed by atoms with Gasteiger partial charge in [0.05, 0.1) is 24.0 Å². The fourth-order valence-corrected chi connectivity index (χ4v) is 4.03. The molecule has 0 saturated carbocycles. The summed E-state index contributed by atoms with van der Waals surface area (Å²) in [5.74, 6) is -0.393. The number of halogens is 1. The van der Waals surface area contributed by atoms with Crippen LogP contribution < -0.4 is 10.2 Å². The Morgan fingerprint density at radius 1 is 1.12 bits per heavy atom. The number of anilines is 1. The molecule has 2 aromatic heterocycles. The molecule has 3 heterocycles.